The molecule has 0 aliphatic carbocycles. The molecule has 0 saturated carbocycles. The zero-order chi connectivity index (χ0) is 9.59. The molecule has 0 fully saturated rings. The van der Waals surface area contributed by atoms with Gasteiger partial charge in [0.25, 0.3) is 0 Å². The fourth-order valence-corrected chi connectivity index (χ4v) is 2.05. The molecule has 1 aromatic rings. The third-order valence-corrected chi connectivity index (χ3v) is 3.14. The molecule has 1 aromatic heterocycles. The molecule has 1 aliphatic heterocycles. The number of nitrogen functional groups attached to an aromatic ring is 1. The average Bonchev–Trinajstić information content (AvgIpc) is 2.43. The number of nitrogens with one attached hydrogen (secondary N) is 1. The van der Waals surface area contributed by atoms with Gasteiger partial charge in [-0.2, -0.15) is 5.10 Å². The molecule has 3 N–H and O–H groups in total. The number of rotatable bonds is 0. The maximum Gasteiger partial charge on any atom is 0.150 e. The summed E-state index contributed by atoms with van der Waals surface area (Å²) in [7, 11) is 2.13. The number of likely N-dealkylation sites (N-methyl/N-ethyl adjacent to an activating group) is 1. The molecular weight excluding hydrogens is 164 g/mol. The Balaban J connectivity index is 2.45. The van der Waals surface area contributed by atoms with E-state index in [4.69, 9.17) is 5.73 Å². The van der Waals surface area contributed by atoms with Crippen molar-refractivity contribution in [1.82, 2.24) is 15.1 Å². The van der Waals surface area contributed by atoms with Crippen LogP contribution < -0.4 is 5.73 Å². The number of fused-ring (bicyclic) bond motifs is 1. The van der Waals surface area contributed by atoms with E-state index >= 15 is 0 Å². The van der Waals surface area contributed by atoms with Gasteiger partial charge in [0.05, 0.1) is 0 Å². The molecular formula is C9H16N4. The third kappa shape index (κ3) is 1.13. The van der Waals surface area contributed by atoms with Crippen LogP contribution in [0, 0.1) is 0 Å². The van der Waals surface area contributed by atoms with Crippen molar-refractivity contribution in [1.29, 1.82) is 0 Å². The van der Waals surface area contributed by atoms with Crippen LogP contribution in [0.4, 0.5) is 5.82 Å². The third-order valence-electron chi connectivity index (χ3n) is 3.14. The van der Waals surface area contributed by atoms with E-state index in [0.29, 0.717) is 17.9 Å². The lowest BCUT2D eigenvalue weighted by atomic mass is 9.95. The molecule has 0 spiro atoms. The summed E-state index contributed by atoms with van der Waals surface area (Å²) >= 11 is 0. The Hall–Kier alpha value is -1.03. The number of nitrogens with zero attached hydrogens (tertiary/aromatic N) is 2. The first-order chi connectivity index (χ1) is 6.11. The van der Waals surface area contributed by atoms with Crippen LogP contribution in [-0.2, 0) is 6.42 Å². The van der Waals surface area contributed by atoms with Gasteiger partial charge < -0.3 is 5.73 Å². The molecule has 2 unspecified atom stereocenters. The largest absolute Gasteiger partial charge is 0.382 e. The fourth-order valence-electron chi connectivity index (χ4n) is 2.05. The van der Waals surface area contributed by atoms with Crippen LogP contribution >= 0.6 is 0 Å². The highest BCUT2D eigenvalue weighted by atomic mass is 15.2. The Morgan fingerprint density at radius 1 is 1.54 bits per heavy atom. The quantitative estimate of drug-likeness (QED) is 0.624. The number of anilines is 1. The topological polar surface area (TPSA) is 57.9 Å². The smallest absolute Gasteiger partial charge is 0.150 e. The van der Waals surface area contributed by atoms with Crippen LogP contribution in [0.2, 0.25) is 0 Å². The minimum atomic E-state index is 0.373. The molecule has 72 valence electrons. The maximum absolute atomic E-state index is 5.79. The summed E-state index contributed by atoms with van der Waals surface area (Å²) in [5, 5.41) is 7.05. The predicted octanol–water partition coefficient (Wildman–Crippen LogP) is 0.929. The lowest BCUT2D eigenvalue weighted by molar-refractivity contribution is 0.179. The second-order valence-corrected chi connectivity index (χ2v) is 3.90. The van der Waals surface area contributed by atoms with E-state index in [1.807, 2.05) is 0 Å². The number of aromatic nitrogens is 2. The Morgan fingerprint density at radius 3 is 2.92 bits per heavy atom. The molecule has 2 heterocycles. The molecule has 13 heavy (non-hydrogen) atoms. The van der Waals surface area contributed by atoms with Gasteiger partial charge in [-0.25, -0.2) is 0 Å². The highest BCUT2D eigenvalue weighted by Gasteiger charge is 2.29. The van der Waals surface area contributed by atoms with Crippen molar-refractivity contribution >= 4 is 5.82 Å². The maximum atomic E-state index is 5.79. The SMILES string of the molecule is CC1Cc2[nH]nc(N)c2C(C)N1C. The van der Waals surface area contributed by atoms with Crippen LogP contribution in [0.25, 0.3) is 0 Å². The molecule has 4 nitrogen and oxygen atoms in total. The van der Waals surface area contributed by atoms with Gasteiger partial charge >= 0.3 is 0 Å². The Morgan fingerprint density at radius 2 is 2.23 bits per heavy atom. The summed E-state index contributed by atoms with van der Waals surface area (Å²) in [5.74, 6) is 0.654. The zero-order valence-corrected chi connectivity index (χ0v) is 8.33. The molecule has 0 bridgehead atoms. The van der Waals surface area contributed by atoms with E-state index < -0.39 is 0 Å². The lowest BCUT2D eigenvalue weighted by Gasteiger charge is -2.35. The van der Waals surface area contributed by atoms with Crippen molar-refractivity contribution in [2.45, 2.75) is 32.4 Å². The summed E-state index contributed by atoms with van der Waals surface area (Å²) < 4.78 is 0. The molecule has 0 aromatic carbocycles. The lowest BCUT2D eigenvalue weighted by Crippen LogP contribution is -2.37. The molecule has 0 amide bonds. The predicted molar refractivity (Wildman–Crippen MR) is 52.3 cm³/mol. The van der Waals surface area contributed by atoms with E-state index in [2.05, 4.69) is 36.0 Å². The van der Waals surface area contributed by atoms with Crippen LogP contribution in [0.3, 0.4) is 0 Å². The van der Waals surface area contributed by atoms with Gasteiger partial charge in [0, 0.05) is 29.8 Å². The number of nitrogens with two attached hydrogens (primary N) is 1. The first kappa shape index (κ1) is 8.56. The number of aromatic amines is 1. The van der Waals surface area contributed by atoms with Gasteiger partial charge in [0.2, 0.25) is 0 Å². The average molecular weight is 180 g/mol. The van der Waals surface area contributed by atoms with Crippen LogP contribution in [0.1, 0.15) is 31.1 Å². The summed E-state index contributed by atoms with van der Waals surface area (Å²) in [6.45, 7) is 4.39. The van der Waals surface area contributed by atoms with E-state index in [9.17, 15) is 0 Å². The Kier molecular flexibility index (Phi) is 1.80. The highest BCUT2D eigenvalue weighted by Crippen LogP contribution is 2.33. The summed E-state index contributed by atoms with van der Waals surface area (Å²) in [6, 6.07) is 0.930. The van der Waals surface area contributed by atoms with E-state index in [-0.39, 0.29) is 0 Å². The highest BCUT2D eigenvalue weighted by molar-refractivity contribution is 5.45. The van der Waals surface area contributed by atoms with E-state index in [1.165, 1.54) is 11.3 Å². The van der Waals surface area contributed by atoms with Crippen molar-refractivity contribution in [3.8, 4) is 0 Å². The second-order valence-electron chi connectivity index (χ2n) is 3.90. The molecule has 2 rings (SSSR count). The molecule has 1 aliphatic rings. The van der Waals surface area contributed by atoms with Gasteiger partial charge in [0.1, 0.15) is 5.82 Å². The van der Waals surface area contributed by atoms with E-state index in [0.717, 1.165) is 6.42 Å². The fraction of sp³-hybridized carbons (Fsp3) is 0.667. The van der Waals surface area contributed by atoms with Gasteiger partial charge in [-0.3, -0.25) is 10.00 Å². The first-order valence-electron chi connectivity index (χ1n) is 4.65. The number of hydrogen-bond donors (Lipinski definition) is 2. The standard InChI is InChI=1S/C9H16N4/c1-5-4-7-8(6(2)13(5)3)9(10)12-11-7/h5-6H,4H2,1-3H3,(H3,10,11,12). The normalized spacial score (nSPS) is 28.8. The summed E-state index contributed by atoms with van der Waals surface area (Å²) in [5.41, 5.74) is 8.18. The van der Waals surface area contributed by atoms with Crippen molar-refractivity contribution in [3.63, 3.8) is 0 Å². The zero-order valence-electron chi connectivity index (χ0n) is 8.33. The van der Waals surface area contributed by atoms with Crippen LogP contribution in [0.5, 0.6) is 0 Å². The summed E-state index contributed by atoms with van der Waals surface area (Å²) in [6.07, 6.45) is 1.01. The molecule has 0 radical (unpaired) electrons. The summed E-state index contributed by atoms with van der Waals surface area (Å²) in [4.78, 5) is 2.33. The van der Waals surface area contributed by atoms with Gasteiger partial charge in [-0.1, -0.05) is 0 Å². The molecule has 2 atom stereocenters. The first-order valence-corrected chi connectivity index (χ1v) is 4.65. The van der Waals surface area contributed by atoms with Gasteiger partial charge in [-0.05, 0) is 20.9 Å². The number of H-pyrrole nitrogens is 1. The van der Waals surface area contributed by atoms with E-state index in [1.54, 1.807) is 0 Å². The Labute approximate surface area is 78.1 Å². The van der Waals surface area contributed by atoms with Crippen molar-refractivity contribution < 1.29 is 0 Å². The molecule has 0 saturated heterocycles. The minimum Gasteiger partial charge on any atom is -0.382 e. The van der Waals surface area contributed by atoms with Gasteiger partial charge in [-0.15, -0.1) is 0 Å². The van der Waals surface area contributed by atoms with Crippen molar-refractivity contribution in [3.05, 3.63) is 11.3 Å². The number of hydrogen-bond acceptors (Lipinski definition) is 3. The Bertz CT molecular complexity index is 317. The van der Waals surface area contributed by atoms with Crippen molar-refractivity contribution in [2.24, 2.45) is 0 Å². The molecule has 4 heteroatoms. The van der Waals surface area contributed by atoms with Crippen LogP contribution in [0.15, 0.2) is 0 Å². The van der Waals surface area contributed by atoms with Crippen LogP contribution in [-0.4, -0.2) is 28.2 Å². The van der Waals surface area contributed by atoms with Gasteiger partial charge in [0.15, 0.2) is 0 Å². The monoisotopic (exact) mass is 180 g/mol. The minimum absolute atomic E-state index is 0.373. The van der Waals surface area contributed by atoms with Crippen molar-refractivity contribution in [2.75, 3.05) is 12.8 Å². The second kappa shape index (κ2) is 2.73.